The number of hydrogen-bond donors (Lipinski definition) is 2. The van der Waals surface area contributed by atoms with Gasteiger partial charge < -0.3 is 20.1 Å². The summed E-state index contributed by atoms with van der Waals surface area (Å²) in [6.07, 6.45) is 2.54. The van der Waals surface area contributed by atoms with Gasteiger partial charge in [-0.05, 0) is 24.6 Å². The van der Waals surface area contributed by atoms with Crippen LogP contribution in [0.1, 0.15) is 16.8 Å². The fourth-order valence-corrected chi connectivity index (χ4v) is 3.47. The van der Waals surface area contributed by atoms with Crippen LogP contribution in [0.3, 0.4) is 0 Å². The highest BCUT2D eigenvalue weighted by atomic mass is 16.2. The van der Waals surface area contributed by atoms with Crippen LogP contribution in [0.15, 0.2) is 60.8 Å². The topological polar surface area (TPSA) is 68.4 Å². The molecule has 1 aliphatic heterocycles. The van der Waals surface area contributed by atoms with Gasteiger partial charge in [-0.15, -0.1) is 0 Å². The van der Waals surface area contributed by atoms with Crippen LogP contribution in [0.4, 0.5) is 10.5 Å². The molecule has 0 spiro atoms. The molecule has 3 amide bonds. The average Bonchev–Trinajstić information content (AvgIpc) is 2.97. The molecule has 0 atom stereocenters. The first-order valence-electron chi connectivity index (χ1n) is 9.19. The minimum Gasteiger partial charge on any atom is -0.360 e. The van der Waals surface area contributed by atoms with Crippen LogP contribution >= 0.6 is 0 Å². The first kappa shape index (κ1) is 17.1. The lowest BCUT2D eigenvalue weighted by Crippen LogP contribution is -2.39. The first-order valence-corrected chi connectivity index (χ1v) is 9.19. The van der Waals surface area contributed by atoms with E-state index in [4.69, 9.17) is 0 Å². The number of hydrogen-bond acceptors (Lipinski definition) is 2. The van der Waals surface area contributed by atoms with Crippen molar-refractivity contribution in [3.63, 3.8) is 0 Å². The van der Waals surface area contributed by atoms with Gasteiger partial charge in [0.25, 0.3) is 5.91 Å². The number of aromatic amines is 1. The molecule has 0 unspecified atom stereocenters. The van der Waals surface area contributed by atoms with Crippen molar-refractivity contribution in [1.82, 2.24) is 14.8 Å². The Kier molecular flexibility index (Phi) is 4.78. The lowest BCUT2D eigenvalue weighted by Gasteiger charge is -2.22. The molecule has 0 radical (unpaired) electrons. The number of carbonyl (C=O) groups excluding carboxylic acids is 2. The van der Waals surface area contributed by atoms with Gasteiger partial charge in [0.1, 0.15) is 0 Å². The Bertz CT molecular complexity index is 951. The molecule has 1 aromatic heterocycles. The smallest absolute Gasteiger partial charge is 0.321 e. The van der Waals surface area contributed by atoms with Crippen molar-refractivity contribution in [2.24, 2.45) is 0 Å². The van der Waals surface area contributed by atoms with E-state index in [2.05, 4.69) is 10.3 Å². The third-order valence-electron chi connectivity index (χ3n) is 4.92. The minimum atomic E-state index is -0.123. The summed E-state index contributed by atoms with van der Waals surface area (Å²) in [5, 5.41) is 3.85. The molecule has 2 heterocycles. The van der Waals surface area contributed by atoms with E-state index in [1.165, 1.54) is 0 Å². The highest BCUT2D eigenvalue weighted by Crippen LogP contribution is 2.20. The fourth-order valence-electron chi connectivity index (χ4n) is 3.47. The van der Waals surface area contributed by atoms with Crippen LogP contribution < -0.4 is 5.32 Å². The van der Waals surface area contributed by atoms with Gasteiger partial charge in [0, 0.05) is 49.0 Å². The predicted molar refractivity (Wildman–Crippen MR) is 106 cm³/mol. The maximum atomic E-state index is 13.0. The zero-order chi connectivity index (χ0) is 18.6. The summed E-state index contributed by atoms with van der Waals surface area (Å²) in [7, 11) is 0. The van der Waals surface area contributed by atoms with Gasteiger partial charge in [0.05, 0.1) is 5.56 Å². The molecule has 0 saturated carbocycles. The zero-order valence-corrected chi connectivity index (χ0v) is 15.0. The number of nitrogens with zero attached hydrogens (tertiary/aromatic N) is 2. The number of nitrogens with one attached hydrogen (secondary N) is 2. The standard InChI is InChI=1S/C21H22N4O2/c26-20(18-15-22-19-10-5-4-9-17(18)19)24-11-6-12-25(14-13-24)21(27)23-16-7-2-1-3-8-16/h1-5,7-10,15,22H,6,11-14H2,(H,23,27). The number of rotatable bonds is 2. The van der Waals surface area contributed by atoms with E-state index >= 15 is 0 Å². The van der Waals surface area contributed by atoms with Crippen molar-refractivity contribution < 1.29 is 9.59 Å². The molecule has 4 rings (SSSR count). The molecule has 1 fully saturated rings. The van der Waals surface area contributed by atoms with E-state index in [9.17, 15) is 9.59 Å². The number of H-pyrrole nitrogens is 1. The summed E-state index contributed by atoms with van der Waals surface area (Å²) < 4.78 is 0. The number of para-hydroxylation sites is 2. The van der Waals surface area contributed by atoms with Crippen LogP contribution in [0, 0.1) is 0 Å². The fraction of sp³-hybridized carbons (Fsp3) is 0.238. The Morgan fingerprint density at radius 1 is 0.852 bits per heavy atom. The SMILES string of the molecule is O=C(Nc1ccccc1)N1CCCN(C(=O)c2c[nH]c3ccccc23)CC1. The number of aromatic nitrogens is 1. The number of amides is 3. The molecule has 1 saturated heterocycles. The quantitative estimate of drug-likeness (QED) is 0.732. The van der Waals surface area contributed by atoms with Crippen LogP contribution in [0.5, 0.6) is 0 Å². The van der Waals surface area contributed by atoms with Crippen molar-refractivity contribution in [2.45, 2.75) is 6.42 Å². The van der Waals surface area contributed by atoms with Crippen LogP contribution in [-0.4, -0.2) is 52.9 Å². The number of urea groups is 1. The summed E-state index contributed by atoms with van der Waals surface area (Å²) in [5.74, 6) is 0.0118. The number of carbonyl (C=O) groups is 2. The van der Waals surface area contributed by atoms with E-state index in [0.717, 1.165) is 23.0 Å². The second-order valence-corrected chi connectivity index (χ2v) is 6.68. The Hall–Kier alpha value is -3.28. The summed E-state index contributed by atoms with van der Waals surface area (Å²) in [4.78, 5) is 32.3. The summed E-state index contributed by atoms with van der Waals surface area (Å²) in [6, 6.07) is 17.1. The van der Waals surface area contributed by atoms with Gasteiger partial charge in [-0.1, -0.05) is 36.4 Å². The van der Waals surface area contributed by atoms with E-state index in [1.54, 1.807) is 11.1 Å². The maximum Gasteiger partial charge on any atom is 0.321 e. The molecular weight excluding hydrogens is 340 g/mol. The Labute approximate surface area is 157 Å². The summed E-state index contributed by atoms with van der Waals surface area (Å²) in [6.45, 7) is 2.33. The molecule has 0 aliphatic carbocycles. The summed E-state index contributed by atoms with van der Waals surface area (Å²) >= 11 is 0. The van der Waals surface area contributed by atoms with E-state index in [-0.39, 0.29) is 11.9 Å². The molecular formula is C21H22N4O2. The molecule has 6 heteroatoms. The van der Waals surface area contributed by atoms with Crippen molar-refractivity contribution in [2.75, 3.05) is 31.5 Å². The molecule has 2 aromatic carbocycles. The molecule has 6 nitrogen and oxygen atoms in total. The van der Waals surface area contributed by atoms with Gasteiger partial charge >= 0.3 is 6.03 Å². The van der Waals surface area contributed by atoms with Gasteiger partial charge in [0.2, 0.25) is 0 Å². The first-order chi connectivity index (χ1) is 13.2. The average molecular weight is 362 g/mol. The van der Waals surface area contributed by atoms with E-state index < -0.39 is 0 Å². The molecule has 3 aromatic rings. The van der Waals surface area contributed by atoms with Crippen LogP contribution in [0.2, 0.25) is 0 Å². The van der Waals surface area contributed by atoms with Gasteiger partial charge in [0.15, 0.2) is 0 Å². The van der Waals surface area contributed by atoms with Crippen molar-refractivity contribution in [3.05, 3.63) is 66.4 Å². The molecule has 1 aliphatic rings. The molecule has 27 heavy (non-hydrogen) atoms. The van der Waals surface area contributed by atoms with Crippen LogP contribution in [0.25, 0.3) is 10.9 Å². The lowest BCUT2D eigenvalue weighted by atomic mass is 10.1. The zero-order valence-electron chi connectivity index (χ0n) is 15.0. The second-order valence-electron chi connectivity index (χ2n) is 6.68. The second kappa shape index (κ2) is 7.53. The number of anilines is 1. The monoisotopic (exact) mass is 362 g/mol. The maximum absolute atomic E-state index is 13.0. The van der Waals surface area contributed by atoms with E-state index in [1.807, 2.05) is 59.5 Å². The Morgan fingerprint density at radius 3 is 2.41 bits per heavy atom. The van der Waals surface area contributed by atoms with Gasteiger partial charge in [-0.25, -0.2) is 4.79 Å². The Morgan fingerprint density at radius 2 is 1.56 bits per heavy atom. The normalized spacial score (nSPS) is 14.8. The lowest BCUT2D eigenvalue weighted by molar-refractivity contribution is 0.0764. The third kappa shape index (κ3) is 3.65. The molecule has 2 N–H and O–H groups in total. The summed E-state index contributed by atoms with van der Waals surface area (Å²) in [5.41, 5.74) is 2.42. The third-order valence-corrected chi connectivity index (χ3v) is 4.92. The van der Waals surface area contributed by atoms with Crippen molar-refractivity contribution in [3.8, 4) is 0 Å². The predicted octanol–water partition coefficient (Wildman–Crippen LogP) is 3.55. The van der Waals surface area contributed by atoms with Crippen molar-refractivity contribution >= 4 is 28.5 Å². The van der Waals surface area contributed by atoms with Crippen LogP contribution in [-0.2, 0) is 0 Å². The Balaban J connectivity index is 1.42. The molecule has 138 valence electrons. The van der Waals surface area contributed by atoms with Crippen molar-refractivity contribution in [1.29, 1.82) is 0 Å². The molecule has 0 bridgehead atoms. The number of benzene rings is 2. The van der Waals surface area contributed by atoms with Gasteiger partial charge in [-0.3, -0.25) is 4.79 Å². The largest absolute Gasteiger partial charge is 0.360 e. The minimum absolute atomic E-state index is 0.0118. The number of fused-ring (bicyclic) bond motifs is 1. The van der Waals surface area contributed by atoms with E-state index in [0.29, 0.717) is 31.7 Å². The highest BCUT2D eigenvalue weighted by molar-refractivity contribution is 6.06. The van der Waals surface area contributed by atoms with Gasteiger partial charge in [-0.2, -0.15) is 0 Å². The highest BCUT2D eigenvalue weighted by Gasteiger charge is 2.24.